The van der Waals surface area contributed by atoms with Crippen molar-refractivity contribution in [2.75, 3.05) is 13.2 Å². The van der Waals surface area contributed by atoms with Gasteiger partial charge in [0.25, 0.3) is 0 Å². The van der Waals surface area contributed by atoms with Gasteiger partial charge in [0.2, 0.25) is 0 Å². The fourth-order valence-electron chi connectivity index (χ4n) is 1.14. The van der Waals surface area contributed by atoms with Crippen molar-refractivity contribution >= 4 is 5.78 Å². The molecule has 16 heavy (non-hydrogen) atoms. The molecule has 0 saturated carbocycles. The van der Waals surface area contributed by atoms with E-state index in [2.05, 4.69) is 0 Å². The normalized spacial score (nSPS) is 18.9. The lowest BCUT2D eigenvalue weighted by atomic mass is 9.98. The summed E-state index contributed by atoms with van der Waals surface area (Å²) < 4.78 is 0. The Balaban J connectivity index is 4.25. The van der Waals surface area contributed by atoms with Crippen LogP contribution >= 0.6 is 0 Å². The molecule has 0 aromatic carbocycles. The summed E-state index contributed by atoms with van der Waals surface area (Å²) in [5.74, 6) is -0.665. The Hall–Kier alpha value is -0.570. The van der Waals surface area contributed by atoms with Crippen LogP contribution < -0.4 is 5.73 Å². The Morgan fingerprint density at radius 1 is 1.12 bits per heavy atom. The zero-order valence-electron chi connectivity index (χ0n) is 8.86. The second-order valence-corrected chi connectivity index (χ2v) is 3.53. The quantitative estimate of drug-likeness (QED) is 0.260. The minimum absolute atomic E-state index is 0.0172. The predicted molar refractivity (Wildman–Crippen MR) is 54.4 cm³/mol. The van der Waals surface area contributed by atoms with Crippen LogP contribution in [0.3, 0.4) is 0 Å². The summed E-state index contributed by atoms with van der Waals surface area (Å²) in [6.07, 6.45) is -6.65. The smallest absolute Gasteiger partial charge is 0.164 e. The van der Waals surface area contributed by atoms with E-state index in [1.54, 1.807) is 0 Å². The summed E-state index contributed by atoms with van der Waals surface area (Å²) in [5, 5.41) is 45.4. The summed E-state index contributed by atoms with van der Waals surface area (Å²) in [6.45, 7) is -0.502. The van der Waals surface area contributed by atoms with Crippen LogP contribution in [0.1, 0.15) is 12.8 Å². The molecular formula is C9H19NO6. The van der Waals surface area contributed by atoms with Crippen LogP contribution in [0.15, 0.2) is 0 Å². The summed E-state index contributed by atoms with van der Waals surface area (Å²) in [6, 6.07) is 0. The van der Waals surface area contributed by atoms with Gasteiger partial charge in [0.1, 0.15) is 24.4 Å². The topological polar surface area (TPSA) is 144 Å². The van der Waals surface area contributed by atoms with Crippen LogP contribution in [0.4, 0.5) is 0 Å². The lowest BCUT2D eigenvalue weighted by molar-refractivity contribution is -0.147. The molecule has 0 aliphatic carbocycles. The summed E-state index contributed by atoms with van der Waals surface area (Å²) >= 11 is 0. The molecule has 7 nitrogen and oxygen atoms in total. The Morgan fingerprint density at radius 2 is 1.69 bits per heavy atom. The molecule has 0 fully saturated rings. The maximum atomic E-state index is 11.2. The zero-order chi connectivity index (χ0) is 12.7. The van der Waals surface area contributed by atoms with Crippen LogP contribution in [-0.4, -0.2) is 68.9 Å². The first-order valence-electron chi connectivity index (χ1n) is 5.01. The Morgan fingerprint density at radius 3 is 2.12 bits per heavy atom. The van der Waals surface area contributed by atoms with Crippen LogP contribution in [-0.2, 0) is 4.79 Å². The number of carbonyl (C=O) groups is 1. The first-order valence-corrected chi connectivity index (χ1v) is 5.01. The van der Waals surface area contributed by atoms with Gasteiger partial charge in [-0.25, -0.2) is 0 Å². The van der Waals surface area contributed by atoms with E-state index in [1.165, 1.54) is 0 Å². The van der Waals surface area contributed by atoms with Crippen molar-refractivity contribution in [1.29, 1.82) is 0 Å². The van der Waals surface area contributed by atoms with E-state index in [4.69, 9.17) is 15.9 Å². The van der Waals surface area contributed by atoms with Crippen molar-refractivity contribution in [2.24, 2.45) is 5.73 Å². The van der Waals surface area contributed by atoms with Gasteiger partial charge in [0.05, 0.1) is 6.61 Å². The fraction of sp³-hybridized carbons (Fsp3) is 0.889. The number of ketones is 1. The minimum Gasteiger partial charge on any atom is -0.394 e. The monoisotopic (exact) mass is 237 g/mol. The molecule has 0 amide bonds. The van der Waals surface area contributed by atoms with E-state index >= 15 is 0 Å². The first kappa shape index (κ1) is 15.4. The van der Waals surface area contributed by atoms with Crippen LogP contribution in [0.25, 0.3) is 0 Å². The van der Waals surface area contributed by atoms with Crippen LogP contribution in [0.5, 0.6) is 0 Å². The second-order valence-electron chi connectivity index (χ2n) is 3.53. The number of aliphatic hydroxyl groups excluding tert-OH is 5. The zero-order valence-corrected chi connectivity index (χ0v) is 8.86. The highest BCUT2D eigenvalue weighted by molar-refractivity contribution is 5.83. The maximum absolute atomic E-state index is 11.2. The van der Waals surface area contributed by atoms with Gasteiger partial charge in [0, 0.05) is 6.42 Å². The van der Waals surface area contributed by atoms with E-state index in [0.717, 1.165) is 0 Å². The van der Waals surface area contributed by atoms with Gasteiger partial charge in [-0.1, -0.05) is 0 Å². The summed E-state index contributed by atoms with van der Waals surface area (Å²) in [5.41, 5.74) is 5.16. The predicted octanol–water partition coefficient (Wildman–Crippen LogP) is -3.27. The van der Waals surface area contributed by atoms with Gasteiger partial charge >= 0.3 is 0 Å². The molecule has 0 aromatic rings. The van der Waals surface area contributed by atoms with Gasteiger partial charge in [-0.05, 0) is 13.0 Å². The second kappa shape index (κ2) is 7.66. The molecule has 0 spiro atoms. The van der Waals surface area contributed by atoms with Crippen molar-refractivity contribution in [2.45, 2.75) is 37.3 Å². The molecule has 7 heteroatoms. The van der Waals surface area contributed by atoms with Gasteiger partial charge in [-0.15, -0.1) is 0 Å². The standard InChI is InChI=1S/C9H19NO6/c10-3-1-2-5(12)7(14)9(16)8(15)6(13)4-11/h6-9,11,13-16H,1-4,10H2/t6-,7-,8-,9-/m1/s1. The highest BCUT2D eigenvalue weighted by Gasteiger charge is 2.33. The van der Waals surface area contributed by atoms with Crippen molar-refractivity contribution in [3.05, 3.63) is 0 Å². The molecule has 0 unspecified atom stereocenters. The molecule has 0 aromatic heterocycles. The van der Waals surface area contributed by atoms with E-state index in [0.29, 0.717) is 6.42 Å². The number of Topliss-reactive ketones (excluding diaryl/α,β-unsaturated/α-hetero) is 1. The number of aliphatic hydroxyl groups is 5. The average molecular weight is 237 g/mol. The third-order valence-electron chi connectivity index (χ3n) is 2.21. The number of rotatable bonds is 8. The molecule has 4 atom stereocenters. The molecule has 0 bridgehead atoms. The van der Waals surface area contributed by atoms with E-state index in [1.807, 2.05) is 0 Å². The summed E-state index contributed by atoms with van der Waals surface area (Å²) in [7, 11) is 0. The van der Waals surface area contributed by atoms with Crippen molar-refractivity contribution < 1.29 is 30.3 Å². The summed E-state index contributed by atoms with van der Waals surface area (Å²) in [4.78, 5) is 11.2. The lowest BCUT2D eigenvalue weighted by Gasteiger charge is -2.24. The van der Waals surface area contributed by atoms with Crippen molar-refractivity contribution in [1.82, 2.24) is 0 Å². The number of hydrogen-bond donors (Lipinski definition) is 6. The molecule has 0 aliphatic heterocycles. The lowest BCUT2D eigenvalue weighted by Crippen LogP contribution is -2.48. The molecule has 0 rings (SSSR count). The van der Waals surface area contributed by atoms with E-state index in [9.17, 15) is 20.1 Å². The Bertz CT molecular complexity index is 212. The van der Waals surface area contributed by atoms with Gasteiger partial charge in [-0.3, -0.25) is 4.79 Å². The number of nitrogens with two attached hydrogens (primary N) is 1. The average Bonchev–Trinajstić information content (AvgIpc) is 2.31. The fourth-order valence-corrected chi connectivity index (χ4v) is 1.14. The van der Waals surface area contributed by atoms with Crippen molar-refractivity contribution in [3.63, 3.8) is 0 Å². The van der Waals surface area contributed by atoms with E-state index < -0.39 is 36.8 Å². The SMILES string of the molecule is NCCCC(=O)[C@@H](O)[C@@H](O)[C@H](O)[C@H](O)CO. The van der Waals surface area contributed by atoms with Gasteiger partial charge in [-0.2, -0.15) is 0 Å². The molecule has 7 N–H and O–H groups in total. The van der Waals surface area contributed by atoms with Gasteiger partial charge < -0.3 is 31.3 Å². The molecule has 0 heterocycles. The van der Waals surface area contributed by atoms with Crippen LogP contribution in [0.2, 0.25) is 0 Å². The Kier molecular flexibility index (Phi) is 7.39. The first-order chi connectivity index (χ1) is 7.45. The molecule has 0 radical (unpaired) electrons. The van der Waals surface area contributed by atoms with Crippen LogP contribution in [0, 0.1) is 0 Å². The number of carbonyl (C=O) groups excluding carboxylic acids is 1. The third-order valence-corrected chi connectivity index (χ3v) is 2.21. The Labute approximate surface area is 93.1 Å². The molecular weight excluding hydrogens is 218 g/mol. The number of hydrogen-bond acceptors (Lipinski definition) is 7. The van der Waals surface area contributed by atoms with Gasteiger partial charge in [0.15, 0.2) is 5.78 Å². The minimum atomic E-state index is -1.83. The third kappa shape index (κ3) is 4.52. The molecule has 0 saturated heterocycles. The highest BCUT2D eigenvalue weighted by atomic mass is 16.4. The molecule has 96 valence electrons. The largest absolute Gasteiger partial charge is 0.394 e. The maximum Gasteiger partial charge on any atom is 0.164 e. The van der Waals surface area contributed by atoms with Crippen molar-refractivity contribution in [3.8, 4) is 0 Å². The molecule has 0 aliphatic rings. The van der Waals surface area contributed by atoms with E-state index in [-0.39, 0.29) is 13.0 Å². The highest BCUT2D eigenvalue weighted by Crippen LogP contribution is 2.08.